The van der Waals surface area contributed by atoms with Crippen LogP contribution in [-0.4, -0.2) is 19.1 Å². The van der Waals surface area contributed by atoms with E-state index in [1.807, 2.05) is 12.4 Å². The van der Waals surface area contributed by atoms with Gasteiger partial charge in [-0.05, 0) is 111 Å². The van der Waals surface area contributed by atoms with Crippen LogP contribution in [0.2, 0.25) is 0 Å². The molecule has 1 aliphatic rings. The van der Waals surface area contributed by atoms with E-state index in [0.29, 0.717) is 0 Å². The van der Waals surface area contributed by atoms with Gasteiger partial charge < -0.3 is 4.57 Å². The molecular weight excluding hydrogens is 633 g/mol. The lowest BCUT2D eigenvalue weighted by atomic mass is 10.00. The van der Waals surface area contributed by atoms with E-state index in [0.717, 1.165) is 27.9 Å². The van der Waals surface area contributed by atoms with Gasteiger partial charge in [0.25, 0.3) is 0 Å². The molecule has 7 aromatic carbocycles. The predicted molar refractivity (Wildman–Crippen MR) is 216 cm³/mol. The van der Waals surface area contributed by atoms with E-state index in [1.165, 1.54) is 82.2 Å². The molecule has 12 rings (SSSR count). The summed E-state index contributed by atoms with van der Waals surface area (Å²) in [5, 5.41) is 8.58. The summed E-state index contributed by atoms with van der Waals surface area (Å²) in [6.07, 6.45) is 3.95. The molecule has 0 saturated heterocycles. The van der Waals surface area contributed by atoms with Crippen LogP contribution in [0.4, 0.5) is 0 Å². The molecule has 0 unspecified atom stereocenters. The minimum absolute atomic E-state index is 0.912. The van der Waals surface area contributed by atoms with Gasteiger partial charge in [-0.25, -0.2) is 4.98 Å². The fourth-order valence-corrected chi connectivity index (χ4v) is 8.80. The van der Waals surface area contributed by atoms with Gasteiger partial charge in [-0.1, -0.05) is 84.9 Å². The summed E-state index contributed by atoms with van der Waals surface area (Å²) in [5.41, 5.74) is 14.1. The average molecular weight is 661 g/mol. The molecule has 0 fully saturated rings. The van der Waals surface area contributed by atoms with Crippen LogP contribution in [-0.2, 0) is 0 Å². The quantitative estimate of drug-likeness (QED) is 0.189. The van der Waals surface area contributed by atoms with E-state index in [9.17, 15) is 0 Å². The predicted octanol–water partition coefficient (Wildman–Crippen LogP) is 12.3. The van der Waals surface area contributed by atoms with Crippen LogP contribution in [0.15, 0.2) is 170 Å². The van der Waals surface area contributed by atoms with Gasteiger partial charge in [0.15, 0.2) is 0 Å². The molecular formula is C48H28N4. The molecule has 0 N–H and O–H groups in total. The third kappa shape index (κ3) is 3.75. The van der Waals surface area contributed by atoms with Gasteiger partial charge in [0, 0.05) is 50.6 Å². The van der Waals surface area contributed by atoms with Gasteiger partial charge in [0.1, 0.15) is 5.82 Å². The van der Waals surface area contributed by atoms with Crippen molar-refractivity contribution < 1.29 is 0 Å². The maximum absolute atomic E-state index is 5.15. The zero-order chi connectivity index (χ0) is 33.9. The zero-order valence-corrected chi connectivity index (χ0v) is 28.0. The lowest BCUT2D eigenvalue weighted by Gasteiger charge is -2.11. The third-order valence-electron chi connectivity index (χ3n) is 11.1. The number of rotatable bonds is 3. The van der Waals surface area contributed by atoms with E-state index >= 15 is 0 Å². The molecule has 11 aromatic rings. The zero-order valence-electron chi connectivity index (χ0n) is 28.0. The normalized spacial score (nSPS) is 12.2. The van der Waals surface area contributed by atoms with E-state index in [1.54, 1.807) is 0 Å². The smallest absolute Gasteiger partial charge is 0.138 e. The van der Waals surface area contributed by atoms with Gasteiger partial charge >= 0.3 is 0 Å². The maximum Gasteiger partial charge on any atom is 0.138 e. The molecule has 4 nitrogen and oxygen atoms in total. The summed E-state index contributed by atoms with van der Waals surface area (Å²) in [6, 6.07) is 57.3. The van der Waals surface area contributed by atoms with Crippen molar-refractivity contribution in [2.24, 2.45) is 0 Å². The summed E-state index contributed by atoms with van der Waals surface area (Å²) < 4.78 is 4.72. The molecule has 0 saturated carbocycles. The highest BCUT2D eigenvalue weighted by molar-refractivity contribution is 6.17. The van der Waals surface area contributed by atoms with E-state index in [4.69, 9.17) is 4.98 Å². The molecule has 1 aliphatic carbocycles. The van der Waals surface area contributed by atoms with Crippen molar-refractivity contribution in [2.75, 3.05) is 0 Å². The molecule has 4 heteroatoms. The Kier molecular flexibility index (Phi) is 5.47. The van der Waals surface area contributed by atoms with Crippen molar-refractivity contribution in [1.82, 2.24) is 19.1 Å². The molecule has 0 bridgehead atoms. The van der Waals surface area contributed by atoms with Crippen LogP contribution in [0.5, 0.6) is 0 Å². The Morgan fingerprint density at radius 1 is 0.385 bits per heavy atom. The van der Waals surface area contributed by atoms with Gasteiger partial charge in [-0.2, -0.15) is 0 Å². The van der Waals surface area contributed by atoms with E-state index < -0.39 is 0 Å². The first-order valence-corrected chi connectivity index (χ1v) is 17.7. The van der Waals surface area contributed by atoms with E-state index in [2.05, 4.69) is 172 Å². The molecule has 0 spiro atoms. The van der Waals surface area contributed by atoms with Crippen molar-refractivity contribution in [3.05, 3.63) is 170 Å². The largest absolute Gasteiger partial charge is 0.309 e. The first-order chi connectivity index (χ1) is 25.8. The Labute approximate surface area is 298 Å². The van der Waals surface area contributed by atoms with Crippen LogP contribution in [0.25, 0.3) is 110 Å². The Bertz CT molecular complexity index is 3290. The number of nitrogens with zero attached hydrogens (tertiary/aromatic N) is 4. The maximum atomic E-state index is 5.15. The van der Waals surface area contributed by atoms with Crippen molar-refractivity contribution in [3.63, 3.8) is 0 Å². The van der Waals surface area contributed by atoms with Crippen molar-refractivity contribution in [1.29, 1.82) is 0 Å². The standard InChI is InChI=1S/C48H28N4/c1-2-11-33(12-3-1)51-43-16-7-6-13-34(43)38-24-31(17-19-44(38)51)32-18-20-45-39(25-32)40-23-29-9-4-5-10-30(29)26-46(40)52(45)47-27-37-35-14-8-15-42-48(35)36(21-22-49-42)41(37)28-50-47/h1-28H. The molecule has 240 valence electrons. The van der Waals surface area contributed by atoms with Crippen LogP contribution >= 0.6 is 0 Å². The fourth-order valence-electron chi connectivity index (χ4n) is 8.80. The summed E-state index contributed by atoms with van der Waals surface area (Å²) in [7, 11) is 0. The van der Waals surface area contributed by atoms with Crippen molar-refractivity contribution >= 4 is 65.3 Å². The average Bonchev–Trinajstić information content (AvgIpc) is 3.83. The van der Waals surface area contributed by atoms with Gasteiger partial charge in [-0.15, -0.1) is 0 Å². The topological polar surface area (TPSA) is 35.6 Å². The molecule has 0 amide bonds. The summed E-state index contributed by atoms with van der Waals surface area (Å²) >= 11 is 0. The minimum Gasteiger partial charge on any atom is -0.309 e. The monoisotopic (exact) mass is 660 g/mol. The fraction of sp³-hybridized carbons (Fsp3) is 0. The van der Waals surface area contributed by atoms with Crippen molar-refractivity contribution in [3.8, 4) is 44.9 Å². The highest BCUT2D eigenvalue weighted by Gasteiger charge is 2.24. The van der Waals surface area contributed by atoms with E-state index in [-0.39, 0.29) is 0 Å². The second kappa shape index (κ2) is 10.3. The molecule has 4 aromatic heterocycles. The first kappa shape index (κ1) is 27.7. The van der Waals surface area contributed by atoms with Gasteiger partial charge in [0.2, 0.25) is 0 Å². The van der Waals surface area contributed by atoms with Crippen LogP contribution in [0.3, 0.4) is 0 Å². The Hall–Kier alpha value is -7.04. The summed E-state index contributed by atoms with van der Waals surface area (Å²) in [4.78, 5) is 9.82. The van der Waals surface area contributed by atoms with Crippen LogP contribution < -0.4 is 0 Å². The SMILES string of the molecule is c1ccc(-n2c3ccccc3c3cc(-c4ccc5c(c4)c4cc6ccccc6cc4n5-c4cc5c(cn4)-c4ccnc6cccc-5c46)ccc32)cc1. The highest BCUT2D eigenvalue weighted by atomic mass is 15.1. The minimum atomic E-state index is 0.912. The second-order valence-corrected chi connectivity index (χ2v) is 13.9. The number of hydrogen-bond donors (Lipinski definition) is 0. The van der Waals surface area contributed by atoms with Crippen LogP contribution in [0, 0.1) is 0 Å². The van der Waals surface area contributed by atoms with Gasteiger partial charge in [0.05, 0.1) is 27.6 Å². The number of aromatic nitrogens is 4. The summed E-state index contributed by atoms with van der Waals surface area (Å²) in [5.74, 6) is 0.912. The first-order valence-electron chi connectivity index (χ1n) is 17.7. The Morgan fingerprint density at radius 3 is 1.90 bits per heavy atom. The van der Waals surface area contributed by atoms with Crippen LogP contribution in [0.1, 0.15) is 0 Å². The number of pyridine rings is 2. The summed E-state index contributed by atoms with van der Waals surface area (Å²) in [6.45, 7) is 0. The number of benzene rings is 7. The van der Waals surface area contributed by atoms with Gasteiger partial charge in [-0.3, -0.25) is 9.55 Å². The lowest BCUT2D eigenvalue weighted by Crippen LogP contribution is -1.98. The molecule has 4 heterocycles. The lowest BCUT2D eigenvalue weighted by molar-refractivity contribution is 1.08. The highest BCUT2D eigenvalue weighted by Crippen LogP contribution is 2.47. The van der Waals surface area contributed by atoms with Crippen molar-refractivity contribution in [2.45, 2.75) is 0 Å². The number of para-hydroxylation sites is 2. The Morgan fingerprint density at radius 2 is 1.06 bits per heavy atom. The molecule has 0 atom stereocenters. The molecule has 52 heavy (non-hydrogen) atoms. The molecule has 0 aliphatic heterocycles. The second-order valence-electron chi connectivity index (χ2n) is 13.9. The molecule has 0 radical (unpaired) electrons. The number of hydrogen-bond acceptors (Lipinski definition) is 2. The third-order valence-corrected chi connectivity index (χ3v) is 11.1. The Balaban J connectivity index is 1.09. The number of fused-ring (bicyclic) bond motifs is 10.